The summed E-state index contributed by atoms with van der Waals surface area (Å²) in [6.45, 7) is 5.77. The van der Waals surface area contributed by atoms with Crippen LogP contribution in [0.2, 0.25) is 0 Å². The van der Waals surface area contributed by atoms with Gasteiger partial charge in [0.05, 0.1) is 4.90 Å². The summed E-state index contributed by atoms with van der Waals surface area (Å²) < 4.78 is 32.1. The number of hydrogen-bond acceptors (Lipinski definition) is 3. The molecule has 0 amide bonds. The lowest BCUT2D eigenvalue weighted by atomic mass is 10.2. The van der Waals surface area contributed by atoms with E-state index in [2.05, 4.69) is 6.58 Å². The van der Waals surface area contributed by atoms with Crippen molar-refractivity contribution in [2.75, 3.05) is 7.05 Å². The highest BCUT2D eigenvalue weighted by Crippen LogP contribution is 2.15. The smallest absolute Gasteiger partial charge is 0.263 e. The number of benzene rings is 2. The van der Waals surface area contributed by atoms with Crippen molar-refractivity contribution in [3.05, 3.63) is 64.7 Å². The second-order valence-electron chi connectivity index (χ2n) is 5.40. The summed E-state index contributed by atoms with van der Waals surface area (Å²) in [5, 5.41) is 1.50. The quantitative estimate of drug-likeness (QED) is 0.741. The Hall–Kier alpha value is -2.53. The van der Waals surface area contributed by atoms with Crippen LogP contribution < -0.4 is 10.6 Å². The van der Waals surface area contributed by atoms with E-state index in [9.17, 15) is 8.42 Å². The molecule has 0 atom stereocenters. The molecule has 1 heterocycles. The molecule has 0 spiro atoms. The van der Waals surface area contributed by atoms with Crippen molar-refractivity contribution in [2.24, 2.45) is 0 Å². The van der Waals surface area contributed by atoms with Crippen LogP contribution in [-0.4, -0.2) is 19.8 Å². The fourth-order valence-electron chi connectivity index (χ4n) is 2.39. The van der Waals surface area contributed by atoms with Crippen LogP contribution in [0.15, 0.2) is 57.8 Å². The summed E-state index contributed by atoms with van der Waals surface area (Å²) in [5.41, 5.74) is 2.14. The van der Waals surface area contributed by atoms with Crippen LogP contribution in [0.4, 0.5) is 0 Å². The molecule has 0 saturated carbocycles. The third-order valence-electron chi connectivity index (χ3n) is 3.72. The van der Waals surface area contributed by atoms with E-state index in [0.29, 0.717) is 16.2 Å². The van der Waals surface area contributed by atoms with Crippen LogP contribution >= 0.6 is 0 Å². The molecule has 0 fully saturated rings. The third-order valence-corrected chi connectivity index (χ3v) is 5.45. The first-order valence-corrected chi connectivity index (χ1v) is 8.56. The molecule has 0 radical (unpaired) electrons. The summed E-state index contributed by atoms with van der Waals surface area (Å²) >= 11 is 0. The number of hydrogen-bond donors (Lipinski definition) is 0. The molecule has 0 bridgehead atoms. The average molecular weight is 327 g/mol. The standard InChI is InChI=1S/C18H17NO3S/c1-13-8-10-15(11-9-13)23(20,21)19(3)12-17-14(2)22-18-7-5-4-6-16(17)18/h4-12H,2H2,1,3H3/b17-12+. The summed E-state index contributed by atoms with van der Waals surface area (Å²) in [5.74, 6) is 0. The van der Waals surface area contributed by atoms with Gasteiger partial charge in [-0.2, -0.15) is 0 Å². The monoisotopic (exact) mass is 327 g/mol. The van der Waals surface area contributed by atoms with Crippen molar-refractivity contribution >= 4 is 33.8 Å². The fraction of sp³-hybridized carbons (Fsp3) is 0.111. The molecule has 0 aliphatic carbocycles. The van der Waals surface area contributed by atoms with Crippen LogP contribution in [0.1, 0.15) is 5.56 Å². The maximum atomic E-state index is 12.7. The molecule has 0 N–H and O–H groups in total. The molecule has 23 heavy (non-hydrogen) atoms. The molecule has 0 aliphatic heterocycles. The Kier molecular flexibility index (Phi) is 3.74. The number of furan rings is 1. The Morgan fingerprint density at radius 2 is 1.74 bits per heavy atom. The number of nitrogens with zero attached hydrogens (tertiary/aromatic N) is 1. The van der Waals surface area contributed by atoms with Gasteiger partial charge in [-0.1, -0.05) is 42.5 Å². The summed E-state index contributed by atoms with van der Waals surface area (Å²) in [6, 6.07) is 14.2. The molecule has 5 heteroatoms. The lowest BCUT2D eigenvalue weighted by Gasteiger charge is -2.14. The molecule has 4 nitrogen and oxygen atoms in total. The predicted octanol–water partition coefficient (Wildman–Crippen LogP) is 2.21. The van der Waals surface area contributed by atoms with Gasteiger partial charge < -0.3 is 4.42 Å². The zero-order valence-corrected chi connectivity index (χ0v) is 13.8. The van der Waals surface area contributed by atoms with Gasteiger partial charge in [0.1, 0.15) is 11.0 Å². The summed E-state index contributed by atoms with van der Waals surface area (Å²) in [4.78, 5) is 0.250. The minimum Gasteiger partial charge on any atom is -0.457 e. The van der Waals surface area contributed by atoms with Crippen LogP contribution in [0.3, 0.4) is 0 Å². The van der Waals surface area contributed by atoms with E-state index in [1.54, 1.807) is 30.5 Å². The van der Waals surface area contributed by atoms with E-state index in [1.807, 2.05) is 31.2 Å². The van der Waals surface area contributed by atoms with Gasteiger partial charge in [-0.3, -0.25) is 4.31 Å². The Labute approximate surface area is 135 Å². The molecule has 1 aromatic heterocycles. The number of para-hydroxylation sites is 1. The van der Waals surface area contributed by atoms with Gasteiger partial charge in [-0.05, 0) is 25.1 Å². The predicted molar refractivity (Wildman–Crippen MR) is 91.6 cm³/mol. The van der Waals surface area contributed by atoms with Crippen LogP contribution in [0.5, 0.6) is 0 Å². The summed E-state index contributed by atoms with van der Waals surface area (Å²) in [6.07, 6.45) is 1.54. The highest BCUT2D eigenvalue weighted by atomic mass is 32.2. The van der Waals surface area contributed by atoms with Crippen LogP contribution in [0.25, 0.3) is 23.7 Å². The highest BCUT2D eigenvalue weighted by molar-refractivity contribution is 7.89. The van der Waals surface area contributed by atoms with Gasteiger partial charge in [0.25, 0.3) is 10.0 Å². The van der Waals surface area contributed by atoms with E-state index in [0.717, 1.165) is 10.9 Å². The topological polar surface area (TPSA) is 50.5 Å². The van der Waals surface area contributed by atoms with E-state index in [1.165, 1.54) is 11.4 Å². The molecule has 0 saturated heterocycles. The van der Waals surface area contributed by atoms with E-state index < -0.39 is 10.0 Å². The normalized spacial score (nSPS) is 12.7. The first-order chi connectivity index (χ1) is 10.9. The second-order valence-corrected chi connectivity index (χ2v) is 7.40. The molecular weight excluding hydrogens is 310 g/mol. The largest absolute Gasteiger partial charge is 0.457 e. The van der Waals surface area contributed by atoms with Crippen molar-refractivity contribution in [1.29, 1.82) is 0 Å². The lowest BCUT2D eigenvalue weighted by Crippen LogP contribution is -2.28. The molecule has 0 unspecified atom stereocenters. The van der Waals surface area contributed by atoms with Gasteiger partial charge in [-0.25, -0.2) is 8.42 Å². The Bertz CT molecular complexity index is 1060. The Balaban J connectivity index is 2.12. The molecule has 3 rings (SSSR count). The van der Waals surface area contributed by atoms with Gasteiger partial charge >= 0.3 is 0 Å². The van der Waals surface area contributed by atoms with Crippen molar-refractivity contribution in [2.45, 2.75) is 11.8 Å². The van der Waals surface area contributed by atoms with Gasteiger partial charge in [0.2, 0.25) is 0 Å². The van der Waals surface area contributed by atoms with Crippen molar-refractivity contribution < 1.29 is 12.8 Å². The van der Waals surface area contributed by atoms with Gasteiger partial charge in [-0.15, -0.1) is 0 Å². The molecule has 2 aromatic carbocycles. The molecule has 118 valence electrons. The fourth-order valence-corrected chi connectivity index (χ4v) is 3.44. The van der Waals surface area contributed by atoms with Crippen molar-refractivity contribution in [3.63, 3.8) is 0 Å². The molecule has 3 aromatic rings. The van der Waals surface area contributed by atoms with Crippen LogP contribution in [-0.2, 0) is 10.0 Å². The number of fused-ring (bicyclic) bond motifs is 1. The minimum absolute atomic E-state index is 0.250. The van der Waals surface area contributed by atoms with E-state index in [4.69, 9.17) is 4.42 Å². The second kappa shape index (κ2) is 5.59. The first kappa shape index (κ1) is 15.4. The zero-order valence-electron chi connectivity index (χ0n) is 13.0. The van der Waals surface area contributed by atoms with E-state index >= 15 is 0 Å². The maximum Gasteiger partial charge on any atom is 0.263 e. The van der Waals surface area contributed by atoms with Crippen LogP contribution in [0, 0.1) is 6.92 Å². The Morgan fingerprint density at radius 1 is 1.09 bits per heavy atom. The average Bonchev–Trinajstić information content (AvgIpc) is 2.84. The van der Waals surface area contributed by atoms with Gasteiger partial charge in [0.15, 0.2) is 0 Å². The van der Waals surface area contributed by atoms with Crippen molar-refractivity contribution in [3.8, 4) is 0 Å². The Morgan fingerprint density at radius 3 is 2.43 bits per heavy atom. The first-order valence-electron chi connectivity index (χ1n) is 7.12. The highest BCUT2D eigenvalue weighted by Gasteiger charge is 2.18. The van der Waals surface area contributed by atoms with E-state index in [-0.39, 0.29) is 4.90 Å². The van der Waals surface area contributed by atoms with Crippen molar-refractivity contribution in [1.82, 2.24) is 4.31 Å². The SMILES string of the molecule is C=c1oc2ccccc2/c1=C/N(C)S(=O)(=O)c1ccc(C)cc1. The molecular formula is C18H17NO3S. The lowest BCUT2D eigenvalue weighted by molar-refractivity contribution is 0.549. The minimum atomic E-state index is -3.61. The summed E-state index contributed by atoms with van der Waals surface area (Å²) in [7, 11) is -2.10. The third kappa shape index (κ3) is 2.75. The number of rotatable bonds is 3. The van der Waals surface area contributed by atoms with Gasteiger partial charge in [0, 0.05) is 23.9 Å². The maximum absolute atomic E-state index is 12.7. The zero-order chi connectivity index (χ0) is 16.6. The molecule has 0 aliphatic rings. The number of sulfonamides is 1. The number of aryl methyl sites for hydroxylation is 1.